The van der Waals surface area contributed by atoms with Crippen LogP contribution in [0, 0.1) is 10.1 Å². The maximum atomic E-state index is 12.1. The third-order valence-corrected chi connectivity index (χ3v) is 4.07. The molecule has 0 radical (unpaired) electrons. The van der Waals surface area contributed by atoms with E-state index in [2.05, 4.69) is 5.32 Å². The smallest absolute Gasteiger partial charge is 0.269 e. The van der Waals surface area contributed by atoms with Crippen LogP contribution < -0.4 is 10.2 Å². The summed E-state index contributed by atoms with van der Waals surface area (Å²) in [6.07, 6.45) is 3.19. The normalized spacial score (nSPS) is 16.8. The highest BCUT2D eigenvalue weighted by atomic mass is 16.6. The van der Waals surface area contributed by atoms with Crippen LogP contribution in [0.3, 0.4) is 0 Å². The van der Waals surface area contributed by atoms with Crippen molar-refractivity contribution in [2.24, 2.45) is 0 Å². The van der Waals surface area contributed by atoms with Gasteiger partial charge in [0, 0.05) is 36.9 Å². The molecule has 7 nitrogen and oxygen atoms in total. The number of nitro benzene ring substituents is 1. The molecule has 1 fully saturated rings. The third-order valence-electron chi connectivity index (χ3n) is 4.07. The van der Waals surface area contributed by atoms with Crippen molar-refractivity contribution in [1.82, 2.24) is 5.32 Å². The molecule has 2 amide bonds. The first-order valence-corrected chi connectivity index (χ1v) is 8.11. The Kier molecular flexibility index (Phi) is 5.07. The quantitative estimate of drug-likeness (QED) is 0.509. The van der Waals surface area contributed by atoms with Gasteiger partial charge in [0.15, 0.2) is 0 Å². The number of para-hydroxylation sites is 1. The minimum absolute atomic E-state index is 0.00271. The fraction of sp³-hybridized carbons (Fsp3) is 0.158. The number of rotatable bonds is 5. The van der Waals surface area contributed by atoms with Gasteiger partial charge in [-0.05, 0) is 35.9 Å². The molecule has 1 saturated heterocycles. The van der Waals surface area contributed by atoms with Gasteiger partial charge in [-0.1, -0.05) is 18.2 Å². The Morgan fingerprint density at radius 3 is 2.50 bits per heavy atom. The zero-order valence-electron chi connectivity index (χ0n) is 13.9. The van der Waals surface area contributed by atoms with Crippen LogP contribution in [-0.4, -0.2) is 29.3 Å². The van der Waals surface area contributed by atoms with Crippen LogP contribution in [0.5, 0.6) is 0 Å². The van der Waals surface area contributed by atoms with Gasteiger partial charge in [-0.15, -0.1) is 0 Å². The molecule has 26 heavy (non-hydrogen) atoms. The summed E-state index contributed by atoms with van der Waals surface area (Å²) in [7, 11) is 0. The number of carbonyl (C=O) groups excluding carboxylic acids is 2. The molecule has 1 atom stereocenters. The molecule has 1 aliphatic rings. The molecular weight excluding hydrogens is 334 g/mol. The summed E-state index contributed by atoms with van der Waals surface area (Å²) in [6.45, 7) is 0.431. The van der Waals surface area contributed by atoms with Gasteiger partial charge in [-0.25, -0.2) is 0 Å². The van der Waals surface area contributed by atoms with E-state index in [0.717, 1.165) is 5.69 Å². The van der Waals surface area contributed by atoms with E-state index < -0.39 is 4.92 Å². The van der Waals surface area contributed by atoms with E-state index in [1.165, 1.54) is 18.2 Å². The first-order chi connectivity index (χ1) is 12.5. The second-order valence-electron chi connectivity index (χ2n) is 5.93. The Balaban J connectivity index is 1.57. The maximum absolute atomic E-state index is 12.1. The molecule has 1 aliphatic heterocycles. The minimum atomic E-state index is -0.476. The van der Waals surface area contributed by atoms with Crippen molar-refractivity contribution in [2.45, 2.75) is 12.5 Å². The van der Waals surface area contributed by atoms with E-state index in [1.54, 1.807) is 23.1 Å². The molecule has 132 valence electrons. The van der Waals surface area contributed by atoms with Crippen LogP contribution >= 0.6 is 0 Å². The molecule has 0 aromatic heterocycles. The number of carbonyl (C=O) groups is 2. The van der Waals surface area contributed by atoms with Gasteiger partial charge in [-0.3, -0.25) is 19.7 Å². The molecule has 1 N–H and O–H groups in total. The highest BCUT2D eigenvalue weighted by molar-refractivity contribution is 5.98. The van der Waals surface area contributed by atoms with Crippen molar-refractivity contribution in [3.05, 3.63) is 76.4 Å². The molecule has 1 heterocycles. The van der Waals surface area contributed by atoms with E-state index in [0.29, 0.717) is 12.1 Å². The molecule has 0 spiro atoms. The first kappa shape index (κ1) is 17.3. The van der Waals surface area contributed by atoms with Gasteiger partial charge >= 0.3 is 0 Å². The van der Waals surface area contributed by atoms with Crippen molar-refractivity contribution in [1.29, 1.82) is 0 Å². The average Bonchev–Trinajstić information content (AvgIpc) is 3.01. The number of nitrogens with zero attached hydrogens (tertiary/aromatic N) is 2. The molecule has 0 aliphatic carbocycles. The van der Waals surface area contributed by atoms with E-state index in [9.17, 15) is 19.7 Å². The van der Waals surface area contributed by atoms with Gasteiger partial charge in [0.2, 0.25) is 11.8 Å². The van der Waals surface area contributed by atoms with Crippen molar-refractivity contribution in [3.63, 3.8) is 0 Å². The molecule has 1 unspecified atom stereocenters. The average molecular weight is 351 g/mol. The Bertz CT molecular complexity index is 847. The third kappa shape index (κ3) is 4.13. The molecular formula is C19H17N3O4. The van der Waals surface area contributed by atoms with Crippen molar-refractivity contribution < 1.29 is 14.5 Å². The summed E-state index contributed by atoms with van der Waals surface area (Å²) < 4.78 is 0. The van der Waals surface area contributed by atoms with Crippen LogP contribution in [0.25, 0.3) is 6.08 Å². The number of benzene rings is 2. The Hall–Kier alpha value is -3.48. The van der Waals surface area contributed by atoms with Crippen molar-refractivity contribution in [3.8, 4) is 0 Å². The summed E-state index contributed by atoms with van der Waals surface area (Å²) in [6, 6.07) is 15.0. The number of nitrogens with one attached hydrogen (secondary N) is 1. The van der Waals surface area contributed by atoms with Gasteiger partial charge in [0.05, 0.1) is 11.0 Å². The summed E-state index contributed by atoms with van der Waals surface area (Å²) in [5, 5.41) is 13.4. The number of anilines is 1. The molecule has 3 rings (SSSR count). The van der Waals surface area contributed by atoms with Crippen LogP contribution in [0.1, 0.15) is 12.0 Å². The highest BCUT2D eigenvalue weighted by Crippen LogP contribution is 2.21. The van der Waals surface area contributed by atoms with E-state index >= 15 is 0 Å². The lowest BCUT2D eigenvalue weighted by atomic mass is 10.2. The summed E-state index contributed by atoms with van der Waals surface area (Å²) in [5.41, 5.74) is 1.49. The molecule has 7 heteroatoms. The van der Waals surface area contributed by atoms with Crippen LogP contribution in [0.15, 0.2) is 60.7 Å². The second kappa shape index (κ2) is 7.60. The predicted octanol–water partition coefficient (Wildman–Crippen LogP) is 2.53. The van der Waals surface area contributed by atoms with E-state index in [4.69, 9.17) is 0 Å². The monoisotopic (exact) mass is 351 g/mol. The summed E-state index contributed by atoms with van der Waals surface area (Å²) >= 11 is 0. The Labute approximate surface area is 150 Å². The Morgan fingerprint density at radius 2 is 1.85 bits per heavy atom. The Morgan fingerprint density at radius 1 is 1.15 bits per heavy atom. The van der Waals surface area contributed by atoms with Gasteiger partial charge < -0.3 is 10.2 Å². The topological polar surface area (TPSA) is 92.5 Å². The fourth-order valence-corrected chi connectivity index (χ4v) is 2.79. The second-order valence-corrected chi connectivity index (χ2v) is 5.93. The van der Waals surface area contributed by atoms with Crippen LogP contribution in [-0.2, 0) is 9.59 Å². The first-order valence-electron chi connectivity index (χ1n) is 8.11. The highest BCUT2D eigenvalue weighted by Gasteiger charge is 2.31. The molecule has 0 saturated carbocycles. The lowest BCUT2D eigenvalue weighted by Crippen LogP contribution is -2.36. The van der Waals surface area contributed by atoms with Crippen molar-refractivity contribution >= 4 is 29.3 Å². The number of amides is 2. The van der Waals surface area contributed by atoms with Crippen LogP contribution in [0.2, 0.25) is 0 Å². The van der Waals surface area contributed by atoms with Gasteiger partial charge in [0.25, 0.3) is 5.69 Å². The fourth-order valence-electron chi connectivity index (χ4n) is 2.79. The summed E-state index contributed by atoms with van der Waals surface area (Å²) in [4.78, 5) is 36.0. The van der Waals surface area contributed by atoms with Gasteiger partial charge in [-0.2, -0.15) is 0 Å². The van der Waals surface area contributed by atoms with E-state index in [1.807, 2.05) is 30.3 Å². The summed E-state index contributed by atoms with van der Waals surface area (Å²) in [5.74, 6) is -0.336. The standard InChI is InChI=1S/C19H17N3O4/c23-18(11-8-14-6-9-17(10-7-14)22(25)26)20-15-12-19(24)21(13-15)16-4-2-1-3-5-16/h1-11,15H,12-13H2,(H,20,23)/b11-8-. The number of nitro groups is 1. The number of non-ortho nitro benzene ring substituents is 1. The molecule has 2 aromatic carbocycles. The van der Waals surface area contributed by atoms with Crippen LogP contribution in [0.4, 0.5) is 11.4 Å². The largest absolute Gasteiger partial charge is 0.347 e. The zero-order valence-corrected chi connectivity index (χ0v) is 13.9. The predicted molar refractivity (Wildman–Crippen MR) is 97.5 cm³/mol. The molecule has 0 bridgehead atoms. The number of hydrogen-bond acceptors (Lipinski definition) is 4. The maximum Gasteiger partial charge on any atom is 0.269 e. The number of hydrogen-bond donors (Lipinski definition) is 1. The SMILES string of the molecule is O=C(/C=C\c1ccc([N+](=O)[O-])cc1)NC1CC(=O)N(c2ccccc2)C1. The van der Waals surface area contributed by atoms with Crippen molar-refractivity contribution in [2.75, 3.05) is 11.4 Å². The van der Waals surface area contributed by atoms with Gasteiger partial charge in [0.1, 0.15) is 0 Å². The lowest BCUT2D eigenvalue weighted by Gasteiger charge is -2.16. The zero-order chi connectivity index (χ0) is 18.5. The lowest BCUT2D eigenvalue weighted by molar-refractivity contribution is -0.384. The van der Waals surface area contributed by atoms with E-state index in [-0.39, 0.29) is 30.0 Å². The molecule has 2 aromatic rings. The minimum Gasteiger partial charge on any atom is -0.347 e.